The van der Waals surface area contributed by atoms with Gasteiger partial charge < -0.3 is 18.9 Å². The molecule has 0 saturated carbocycles. The summed E-state index contributed by atoms with van der Waals surface area (Å²) in [5.74, 6) is 0.201. The monoisotopic (exact) mass is 404 g/mol. The molecule has 0 amide bonds. The number of benzene rings is 1. The molecule has 0 radical (unpaired) electrons. The highest BCUT2D eigenvalue weighted by Gasteiger charge is 2.20. The number of ether oxygens (including phenoxy) is 4. The third kappa shape index (κ3) is 3.46. The average Bonchev–Trinajstić information content (AvgIpc) is 2.97. The van der Waals surface area contributed by atoms with Gasteiger partial charge >= 0.3 is 11.9 Å². The molecule has 0 aromatic heterocycles. The first-order valence-corrected chi connectivity index (χ1v) is 7.08. The van der Waals surface area contributed by atoms with Crippen LogP contribution < -0.4 is 9.47 Å². The zero-order chi connectivity index (χ0) is 15.4. The van der Waals surface area contributed by atoms with E-state index in [0.29, 0.717) is 11.5 Å². The van der Waals surface area contributed by atoms with E-state index in [1.54, 1.807) is 18.2 Å². The van der Waals surface area contributed by atoms with Crippen LogP contribution in [0.4, 0.5) is 0 Å². The van der Waals surface area contributed by atoms with Gasteiger partial charge in [-0.25, -0.2) is 4.79 Å². The van der Waals surface area contributed by atoms with E-state index in [9.17, 15) is 9.59 Å². The van der Waals surface area contributed by atoms with Crippen molar-refractivity contribution in [3.63, 3.8) is 0 Å². The third-order valence-electron chi connectivity index (χ3n) is 2.85. The Morgan fingerprint density at radius 1 is 1.29 bits per heavy atom. The quantitative estimate of drug-likeness (QED) is 0.435. The molecule has 1 aromatic carbocycles. The molecule has 112 valence electrons. The van der Waals surface area contributed by atoms with Crippen LogP contribution in [0.3, 0.4) is 0 Å². The zero-order valence-corrected chi connectivity index (χ0v) is 13.6. The van der Waals surface area contributed by atoms with Crippen molar-refractivity contribution in [2.24, 2.45) is 0 Å². The molecule has 0 unspecified atom stereocenters. The van der Waals surface area contributed by atoms with E-state index in [1.165, 1.54) is 14.2 Å². The largest absolute Gasteiger partial charge is 0.469 e. The Kier molecular flexibility index (Phi) is 5.05. The molecule has 21 heavy (non-hydrogen) atoms. The fraction of sp³-hybridized carbons (Fsp3) is 0.286. The van der Waals surface area contributed by atoms with Crippen LogP contribution in [0.5, 0.6) is 11.5 Å². The Morgan fingerprint density at radius 2 is 2.05 bits per heavy atom. The molecule has 1 aliphatic heterocycles. The summed E-state index contributed by atoms with van der Waals surface area (Å²) in [6.07, 6.45) is 1.43. The summed E-state index contributed by atoms with van der Waals surface area (Å²) >= 11 is 2.10. The topological polar surface area (TPSA) is 71.1 Å². The Hall–Kier alpha value is -1.77. The van der Waals surface area contributed by atoms with Crippen LogP contribution in [0, 0.1) is 3.57 Å². The normalized spacial score (nSPS) is 13.0. The summed E-state index contributed by atoms with van der Waals surface area (Å²) in [5.41, 5.74) is 0.949. The number of rotatable bonds is 4. The van der Waals surface area contributed by atoms with Gasteiger partial charge in [0.1, 0.15) is 0 Å². The van der Waals surface area contributed by atoms with Gasteiger partial charge in [-0.2, -0.15) is 0 Å². The Labute approximate surface area is 135 Å². The highest BCUT2D eigenvalue weighted by atomic mass is 127. The van der Waals surface area contributed by atoms with Gasteiger partial charge in [-0.15, -0.1) is 0 Å². The summed E-state index contributed by atoms with van der Waals surface area (Å²) < 4.78 is 20.7. The number of carbonyl (C=O) groups is 2. The van der Waals surface area contributed by atoms with Gasteiger partial charge in [0.2, 0.25) is 6.79 Å². The number of halogens is 1. The van der Waals surface area contributed by atoms with Gasteiger partial charge in [-0.05, 0) is 46.4 Å². The minimum atomic E-state index is -0.575. The van der Waals surface area contributed by atoms with Crippen LogP contribution in [0.15, 0.2) is 17.7 Å². The fourth-order valence-electron chi connectivity index (χ4n) is 1.79. The van der Waals surface area contributed by atoms with Crippen molar-refractivity contribution in [2.45, 2.75) is 6.42 Å². The van der Waals surface area contributed by atoms with Gasteiger partial charge in [-0.1, -0.05) is 0 Å². The van der Waals surface area contributed by atoms with E-state index in [-0.39, 0.29) is 18.8 Å². The van der Waals surface area contributed by atoms with Crippen LogP contribution >= 0.6 is 22.6 Å². The fourth-order valence-corrected chi connectivity index (χ4v) is 2.55. The molecule has 0 N–H and O–H groups in total. The second kappa shape index (κ2) is 6.79. The number of carbonyl (C=O) groups excluding carboxylic acids is 2. The van der Waals surface area contributed by atoms with Gasteiger partial charge in [0.05, 0.1) is 24.2 Å². The number of methoxy groups -OCH3 is 2. The predicted molar refractivity (Wildman–Crippen MR) is 81.9 cm³/mol. The SMILES string of the molecule is COC(=O)C/C(=C\c1ccc2c(c1I)OCO2)C(=O)OC. The lowest BCUT2D eigenvalue weighted by Crippen LogP contribution is -2.11. The molecular weight excluding hydrogens is 391 g/mol. The molecule has 0 aliphatic carbocycles. The van der Waals surface area contributed by atoms with E-state index in [1.807, 2.05) is 0 Å². The summed E-state index contributed by atoms with van der Waals surface area (Å²) in [6.45, 7) is 0.171. The van der Waals surface area contributed by atoms with Crippen LogP contribution in [-0.4, -0.2) is 33.0 Å². The molecule has 2 rings (SSSR count). The second-order valence-electron chi connectivity index (χ2n) is 4.12. The lowest BCUT2D eigenvalue weighted by Gasteiger charge is -2.07. The van der Waals surface area contributed by atoms with Crippen molar-refractivity contribution in [3.05, 3.63) is 26.8 Å². The van der Waals surface area contributed by atoms with Gasteiger partial charge in [0.15, 0.2) is 11.5 Å². The molecule has 0 spiro atoms. The number of fused-ring (bicyclic) bond motifs is 1. The molecule has 0 fully saturated rings. The number of esters is 2. The molecule has 0 saturated heterocycles. The Balaban J connectivity index is 2.38. The molecule has 1 aromatic rings. The summed E-state index contributed by atoms with van der Waals surface area (Å²) in [6, 6.07) is 3.54. The molecule has 6 nitrogen and oxygen atoms in total. The standard InChI is InChI=1S/C14H13IO6/c1-18-11(16)6-9(14(17)19-2)5-8-3-4-10-13(12(8)15)21-7-20-10/h3-5H,6-7H2,1-2H3/b9-5+. The van der Waals surface area contributed by atoms with Crippen molar-refractivity contribution in [1.29, 1.82) is 0 Å². The smallest absolute Gasteiger partial charge is 0.334 e. The van der Waals surface area contributed by atoms with E-state index in [2.05, 4.69) is 32.1 Å². The van der Waals surface area contributed by atoms with E-state index < -0.39 is 11.9 Å². The zero-order valence-electron chi connectivity index (χ0n) is 11.5. The van der Waals surface area contributed by atoms with Gasteiger partial charge in [0.25, 0.3) is 0 Å². The number of hydrogen-bond acceptors (Lipinski definition) is 6. The molecular formula is C14H13IO6. The average molecular weight is 404 g/mol. The highest BCUT2D eigenvalue weighted by Crippen LogP contribution is 2.39. The van der Waals surface area contributed by atoms with Crippen LogP contribution in [-0.2, 0) is 19.1 Å². The molecule has 0 bridgehead atoms. The predicted octanol–water partition coefficient (Wildman–Crippen LogP) is 2.14. The Bertz CT molecular complexity index is 608. The summed E-state index contributed by atoms with van der Waals surface area (Å²) in [7, 11) is 2.53. The summed E-state index contributed by atoms with van der Waals surface area (Å²) in [5, 5.41) is 0. The second-order valence-corrected chi connectivity index (χ2v) is 5.20. The van der Waals surface area contributed by atoms with Gasteiger partial charge in [-0.3, -0.25) is 4.79 Å². The van der Waals surface area contributed by atoms with E-state index in [0.717, 1.165) is 9.13 Å². The Morgan fingerprint density at radius 3 is 2.71 bits per heavy atom. The lowest BCUT2D eigenvalue weighted by molar-refractivity contribution is -0.143. The van der Waals surface area contributed by atoms with Crippen LogP contribution in [0.25, 0.3) is 6.08 Å². The molecule has 1 aliphatic rings. The first kappa shape index (κ1) is 15.6. The van der Waals surface area contributed by atoms with Crippen molar-refractivity contribution in [1.82, 2.24) is 0 Å². The van der Waals surface area contributed by atoms with Crippen molar-refractivity contribution < 1.29 is 28.5 Å². The lowest BCUT2D eigenvalue weighted by atomic mass is 10.1. The first-order valence-electron chi connectivity index (χ1n) is 6.00. The van der Waals surface area contributed by atoms with Crippen molar-refractivity contribution >= 4 is 40.6 Å². The van der Waals surface area contributed by atoms with Crippen molar-refractivity contribution in [3.8, 4) is 11.5 Å². The molecule has 0 atom stereocenters. The molecule has 1 heterocycles. The maximum absolute atomic E-state index is 11.8. The number of hydrogen-bond donors (Lipinski definition) is 0. The van der Waals surface area contributed by atoms with E-state index >= 15 is 0 Å². The summed E-state index contributed by atoms with van der Waals surface area (Å²) in [4.78, 5) is 23.1. The van der Waals surface area contributed by atoms with Crippen molar-refractivity contribution in [2.75, 3.05) is 21.0 Å². The van der Waals surface area contributed by atoms with Crippen LogP contribution in [0.1, 0.15) is 12.0 Å². The third-order valence-corrected chi connectivity index (χ3v) is 3.96. The van der Waals surface area contributed by atoms with Crippen LogP contribution in [0.2, 0.25) is 0 Å². The minimum absolute atomic E-state index is 0.159. The maximum atomic E-state index is 11.8. The maximum Gasteiger partial charge on any atom is 0.334 e. The molecule has 7 heteroatoms. The van der Waals surface area contributed by atoms with Gasteiger partial charge in [0, 0.05) is 5.57 Å². The minimum Gasteiger partial charge on any atom is -0.469 e. The first-order chi connectivity index (χ1) is 10.1. The highest BCUT2D eigenvalue weighted by molar-refractivity contribution is 14.1. The van der Waals surface area contributed by atoms with E-state index in [4.69, 9.17) is 9.47 Å².